The number of aromatic nitrogens is 2. The fourth-order valence-corrected chi connectivity index (χ4v) is 2.20. The zero-order valence-electron chi connectivity index (χ0n) is 12.7. The highest BCUT2D eigenvalue weighted by molar-refractivity contribution is 6.30. The van der Waals surface area contributed by atoms with E-state index in [9.17, 15) is 13.2 Å². The molecule has 2 aromatic carbocycles. The molecule has 8 heteroatoms. The SMILES string of the molecule is Fc1ccc(Nc2cc(NCc3ccc(Cl)cc3)ncn2)c(F)c1F. The number of anilines is 3. The number of rotatable bonds is 5. The van der Waals surface area contributed by atoms with Crippen molar-refractivity contribution in [1.29, 1.82) is 0 Å². The van der Waals surface area contributed by atoms with Gasteiger partial charge in [0, 0.05) is 17.6 Å². The van der Waals surface area contributed by atoms with Gasteiger partial charge in [-0.05, 0) is 29.8 Å². The van der Waals surface area contributed by atoms with Crippen LogP contribution in [0.5, 0.6) is 0 Å². The first-order valence-electron chi connectivity index (χ1n) is 7.24. The Morgan fingerprint density at radius 1 is 0.880 bits per heavy atom. The largest absolute Gasteiger partial charge is 0.366 e. The number of benzene rings is 2. The maximum atomic E-state index is 13.7. The van der Waals surface area contributed by atoms with E-state index in [0.717, 1.165) is 17.7 Å². The average molecular weight is 365 g/mol. The molecule has 4 nitrogen and oxygen atoms in total. The van der Waals surface area contributed by atoms with Gasteiger partial charge in [-0.25, -0.2) is 23.1 Å². The van der Waals surface area contributed by atoms with Crippen LogP contribution in [0.1, 0.15) is 5.56 Å². The zero-order valence-corrected chi connectivity index (χ0v) is 13.5. The number of nitrogens with zero attached hydrogens (tertiary/aromatic N) is 2. The molecule has 1 aromatic heterocycles. The van der Waals surface area contributed by atoms with Crippen LogP contribution in [0.15, 0.2) is 48.8 Å². The molecule has 0 bridgehead atoms. The Hall–Kier alpha value is -2.80. The summed E-state index contributed by atoms with van der Waals surface area (Å²) in [5, 5.41) is 6.32. The van der Waals surface area contributed by atoms with Gasteiger partial charge in [-0.2, -0.15) is 0 Å². The Kier molecular flexibility index (Phi) is 5.04. The Morgan fingerprint density at radius 2 is 1.60 bits per heavy atom. The van der Waals surface area contributed by atoms with Gasteiger partial charge < -0.3 is 10.6 Å². The van der Waals surface area contributed by atoms with Crippen LogP contribution in [-0.4, -0.2) is 9.97 Å². The van der Waals surface area contributed by atoms with Crippen LogP contribution in [0.25, 0.3) is 0 Å². The van der Waals surface area contributed by atoms with Crippen molar-refractivity contribution in [3.05, 3.63) is 76.8 Å². The highest BCUT2D eigenvalue weighted by Gasteiger charge is 2.13. The predicted molar refractivity (Wildman–Crippen MR) is 90.4 cm³/mol. The summed E-state index contributed by atoms with van der Waals surface area (Å²) in [6.07, 6.45) is 1.27. The average Bonchev–Trinajstić information content (AvgIpc) is 2.62. The van der Waals surface area contributed by atoms with Crippen molar-refractivity contribution < 1.29 is 13.2 Å². The van der Waals surface area contributed by atoms with Gasteiger partial charge in [0.25, 0.3) is 0 Å². The predicted octanol–water partition coefficient (Wildman–Crippen LogP) is 4.90. The van der Waals surface area contributed by atoms with Crippen LogP contribution in [0.4, 0.5) is 30.5 Å². The second-order valence-corrected chi connectivity index (χ2v) is 5.55. The molecule has 0 unspecified atom stereocenters. The third-order valence-electron chi connectivity index (χ3n) is 3.35. The van der Waals surface area contributed by atoms with E-state index < -0.39 is 17.5 Å². The lowest BCUT2D eigenvalue weighted by Gasteiger charge is -2.10. The quantitative estimate of drug-likeness (QED) is 0.632. The Labute approximate surface area is 146 Å². The molecule has 0 amide bonds. The van der Waals surface area contributed by atoms with Crippen molar-refractivity contribution >= 4 is 28.9 Å². The summed E-state index contributed by atoms with van der Waals surface area (Å²) in [7, 11) is 0. The van der Waals surface area contributed by atoms with Crippen LogP contribution in [0.3, 0.4) is 0 Å². The number of halogens is 4. The molecule has 0 aliphatic rings. The number of hydrogen-bond acceptors (Lipinski definition) is 4. The van der Waals surface area contributed by atoms with E-state index in [1.165, 1.54) is 12.4 Å². The monoisotopic (exact) mass is 364 g/mol. The fourth-order valence-electron chi connectivity index (χ4n) is 2.08. The van der Waals surface area contributed by atoms with E-state index in [2.05, 4.69) is 20.6 Å². The minimum absolute atomic E-state index is 0.221. The first-order valence-corrected chi connectivity index (χ1v) is 7.61. The molecule has 25 heavy (non-hydrogen) atoms. The van der Waals surface area contributed by atoms with E-state index in [0.29, 0.717) is 17.4 Å². The zero-order chi connectivity index (χ0) is 17.8. The summed E-state index contributed by atoms with van der Waals surface area (Å²) in [5.41, 5.74) is 0.769. The lowest BCUT2D eigenvalue weighted by Crippen LogP contribution is -2.04. The van der Waals surface area contributed by atoms with E-state index in [1.54, 1.807) is 12.1 Å². The number of hydrogen-bond donors (Lipinski definition) is 2. The topological polar surface area (TPSA) is 49.8 Å². The molecule has 3 rings (SSSR count). The molecule has 0 saturated carbocycles. The van der Waals surface area contributed by atoms with Crippen molar-refractivity contribution in [3.63, 3.8) is 0 Å². The van der Waals surface area contributed by atoms with Crippen LogP contribution in [0, 0.1) is 17.5 Å². The van der Waals surface area contributed by atoms with Crippen molar-refractivity contribution in [2.75, 3.05) is 10.6 Å². The van der Waals surface area contributed by atoms with Crippen molar-refractivity contribution in [2.45, 2.75) is 6.54 Å². The molecular weight excluding hydrogens is 353 g/mol. The summed E-state index contributed by atoms with van der Waals surface area (Å²) >= 11 is 5.83. The summed E-state index contributed by atoms with van der Waals surface area (Å²) < 4.78 is 39.9. The Balaban J connectivity index is 1.71. The smallest absolute Gasteiger partial charge is 0.196 e. The van der Waals surface area contributed by atoms with Crippen LogP contribution < -0.4 is 10.6 Å². The first-order chi connectivity index (χ1) is 12.0. The molecule has 0 saturated heterocycles. The van der Waals surface area contributed by atoms with Gasteiger partial charge in [0.1, 0.15) is 18.0 Å². The van der Waals surface area contributed by atoms with Crippen molar-refractivity contribution in [3.8, 4) is 0 Å². The van der Waals surface area contributed by atoms with E-state index >= 15 is 0 Å². The van der Waals surface area contributed by atoms with Crippen LogP contribution in [-0.2, 0) is 6.54 Å². The molecule has 0 radical (unpaired) electrons. The summed E-state index contributed by atoms with van der Waals surface area (Å²) in [5.74, 6) is -3.39. The Morgan fingerprint density at radius 3 is 2.36 bits per heavy atom. The normalized spacial score (nSPS) is 10.6. The fraction of sp³-hybridized carbons (Fsp3) is 0.0588. The van der Waals surface area contributed by atoms with Gasteiger partial charge >= 0.3 is 0 Å². The molecule has 0 spiro atoms. The second-order valence-electron chi connectivity index (χ2n) is 5.12. The van der Waals surface area contributed by atoms with Gasteiger partial charge in [0.05, 0.1) is 5.69 Å². The summed E-state index contributed by atoms with van der Waals surface area (Å²) in [6, 6.07) is 10.7. The Bertz CT molecular complexity index is 888. The highest BCUT2D eigenvalue weighted by Crippen LogP contribution is 2.23. The number of nitrogens with one attached hydrogen (secondary N) is 2. The molecule has 0 atom stereocenters. The maximum absolute atomic E-state index is 13.7. The van der Waals surface area contributed by atoms with Crippen LogP contribution >= 0.6 is 11.6 Å². The molecule has 0 aliphatic heterocycles. The van der Waals surface area contributed by atoms with Crippen LogP contribution in [0.2, 0.25) is 5.02 Å². The van der Waals surface area contributed by atoms with Crippen molar-refractivity contribution in [2.24, 2.45) is 0 Å². The van der Waals surface area contributed by atoms with Gasteiger partial charge in [0.2, 0.25) is 0 Å². The molecule has 3 aromatic rings. The summed E-state index contributed by atoms with van der Waals surface area (Å²) in [4.78, 5) is 7.98. The molecule has 128 valence electrons. The van der Waals surface area contributed by atoms with E-state index in [-0.39, 0.29) is 11.5 Å². The molecule has 0 fully saturated rings. The van der Waals surface area contributed by atoms with Gasteiger partial charge in [-0.15, -0.1) is 0 Å². The van der Waals surface area contributed by atoms with E-state index in [4.69, 9.17) is 11.6 Å². The minimum Gasteiger partial charge on any atom is -0.366 e. The van der Waals surface area contributed by atoms with Crippen molar-refractivity contribution in [1.82, 2.24) is 9.97 Å². The molecule has 2 N–H and O–H groups in total. The lowest BCUT2D eigenvalue weighted by atomic mass is 10.2. The lowest BCUT2D eigenvalue weighted by molar-refractivity contribution is 0.449. The molecular formula is C17H12ClF3N4. The second kappa shape index (κ2) is 7.40. The molecule has 0 aliphatic carbocycles. The van der Waals surface area contributed by atoms with Gasteiger partial charge in [-0.3, -0.25) is 0 Å². The third-order valence-corrected chi connectivity index (χ3v) is 3.60. The third kappa shape index (κ3) is 4.19. The maximum Gasteiger partial charge on any atom is 0.196 e. The summed E-state index contributed by atoms with van der Waals surface area (Å²) in [6.45, 7) is 0.493. The van der Waals surface area contributed by atoms with Gasteiger partial charge in [0.15, 0.2) is 17.5 Å². The minimum atomic E-state index is -1.54. The standard InChI is InChI=1S/C17H12ClF3N4/c18-11-3-1-10(2-4-11)8-22-14-7-15(24-9-23-14)25-13-6-5-12(19)16(20)17(13)21/h1-7,9H,8H2,(H2,22,23,24,25). The molecule has 1 heterocycles. The first kappa shape index (κ1) is 17.0. The van der Waals surface area contributed by atoms with Gasteiger partial charge in [-0.1, -0.05) is 23.7 Å². The highest BCUT2D eigenvalue weighted by atomic mass is 35.5. The van der Waals surface area contributed by atoms with E-state index in [1.807, 2.05) is 12.1 Å².